The first-order chi connectivity index (χ1) is 8.06. The molecule has 2 rings (SSSR count). The molecule has 94 valence electrons. The highest BCUT2D eigenvalue weighted by atomic mass is 16.6. The Balaban J connectivity index is 2.27. The molecule has 0 saturated carbocycles. The molecule has 0 aromatic rings. The van der Waals surface area contributed by atoms with E-state index in [1.54, 1.807) is 0 Å². The molecule has 0 amide bonds. The van der Waals surface area contributed by atoms with Gasteiger partial charge in [-0.25, -0.2) is 0 Å². The van der Waals surface area contributed by atoms with Gasteiger partial charge in [0.05, 0.1) is 13.7 Å². The molecule has 6 heteroatoms. The normalized spacial score (nSPS) is 29.1. The minimum atomic E-state index is -1.26. The van der Waals surface area contributed by atoms with E-state index in [1.165, 1.54) is 0 Å². The molecule has 3 atom stereocenters. The number of rotatable bonds is 3. The van der Waals surface area contributed by atoms with E-state index in [-0.39, 0.29) is 0 Å². The molecule has 2 aliphatic rings. The summed E-state index contributed by atoms with van der Waals surface area (Å²) in [5.74, 6) is -3.79. The van der Waals surface area contributed by atoms with Crippen molar-refractivity contribution in [2.45, 2.75) is 19.1 Å². The lowest BCUT2D eigenvalue weighted by Gasteiger charge is -2.21. The highest BCUT2D eigenvalue weighted by molar-refractivity contribution is 5.94. The number of aliphatic carboxylic acids is 1. The largest absolute Gasteiger partial charge is 0.481 e. The highest BCUT2D eigenvalue weighted by Crippen LogP contribution is 2.43. The first kappa shape index (κ1) is 12.1. The van der Waals surface area contributed by atoms with Crippen molar-refractivity contribution in [3.63, 3.8) is 0 Å². The minimum absolute atomic E-state index is 0.320. The second-order valence-electron chi connectivity index (χ2n) is 4.21. The quantitative estimate of drug-likeness (QED) is 0.408. The summed E-state index contributed by atoms with van der Waals surface area (Å²) in [6.45, 7) is 0.320. The van der Waals surface area contributed by atoms with Crippen LogP contribution in [0.1, 0.15) is 12.8 Å². The van der Waals surface area contributed by atoms with Gasteiger partial charge in [-0.2, -0.15) is 0 Å². The third-order valence-corrected chi connectivity index (χ3v) is 3.37. The number of hydrogen-bond acceptors (Lipinski definition) is 5. The number of ether oxygens (including phenoxy) is 2. The fourth-order valence-electron chi connectivity index (χ4n) is 2.58. The SMILES string of the molecule is COC(=O)[C@H](C(=O)O)[C@H]1CCC2=C1[C@@H](O)OC2. The van der Waals surface area contributed by atoms with Gasteiger partial charge in [0.2, 0.25) is 0 Å². The van der Waals surface area contributed by atoms with Gasteiger partial charge in [0, 0.05) is 5.92 Å². The van der Waals surface area contributed by atoms with Crippen LogP contribution >= 0.6 is 0 Å². The number of carboxylic acids is 1. The molecule has 2 N–H and O–H groups in total. The van der Waals surface area contributed by atoms with E-state index in [0.717, 1.165) is 12.7 Å². The molecule has 0 spiro atoms. The van der Waals surface area contributed by atoms with Gasteiger partial charge in [0.25, 0.3) is 0 Å². The summed E-state index contributed by atoms with van der Waals surface area (Å²) >= 11 is 0. The summed E-state index contributed by atoms with van der Waals surface area (Å²) in [6, 6.07) is 0. The maximum atomic E-state index is 11.5. The van der Waals surface area contributed by atoms with Crippen LogP contribution in [0.25, 0.3) is 0 Å². The lowest BCUT2D eigenvalue weighted by Crippen LogP contribution is -2.34. The number of methoxy groups -OCH3 is 1. The van der Waals surface area contributed by atoms with Crippen LogP contribution in [0, 0.1) is 11.8 Å². The van der Waals surface area contributed by atoms with Crippen LogP contribution < -0.4 is 0 Å². The molecule has 0 aromatic carbocycles. The lowest BCUT2D eigenvalue weighted by atomic mass is 9.86. The zero-order valence-corrected chi connectivity index (χ0v) is 9.38. The Morgan fingerprint density at radius 2 is 2.24 bits per heavy atom. The second-order valence-corrected chi connectivity index (χ2v) is 4.21. The van der Waals surface area contributed by atoms with Gasteiger partial charge < -0.3 is 19.7 Å². The number of carbonyl (C=O) groups excluding carboxylic acids is 1. The van der Waals surface area contributed by atoms with E-state index in [0.29, 0.717) is 25.0 Å². The van der Waals surface area contributed by atoms with Crippen LogP contribution in [0.15, 0.2) is 11.1 Å². The van der Waals surface area contributed by atoms with Crippen molar-refractivity contribution in [1.82, 2.24) is 0 Å². The maximum absolute atomic E-state index is 11.5. The molecular formula is C11H14O6. The maximum Gasteiger partial charge on any atom is 0.320 e. The molecule has 0 fully saturated rings. The summed E-state index contributed by atoms with van der Waals surface area (Å²) in [5, 5.41) is 18.7. The number of carbonyl (C=O) groups is 2. The molecular weight excluding hydrogens is 228 g/mol. The van der Waals surface area contributed by atoms with Gasteiger partial charge in [-0.1, -0.05) is 0 Å². The van der Waals surface area contributed by atoms with Gasteiger partial charge in [0.1, 0.15) is 0 Å². The second kappa shape index (κ2) is 4.46. The lowest BCUT2D eigenvalue weighted by molar-refractivity contribution is -0.159. The third-order valence-electron chi connectivity index (χ3n) is 3.37. The number of hydrogen-bond donors (Lipinski definition) is 2. The van der Waals surface area contributed by atoms with E-state index >= 15 is 0 Å². The molecule has 0 saturated heterocycles. The number of esters is 1. The van der Waals surface area contributed by atoms with Crippen LogP contribution in [0.3, 0.4) is 0 Å². The first-order valence-corrected chi connectivity index (χ1v) is 5.38. The van der Waals surface area contributed by atoms with Crippen molar-refractivity contribution in [3.8, 4) is 0 Å². The van der Waals surface area contributed by atoms with Crippen LogP contribution in [-0.4, -0.2) is 42.2 Å². The van der Waals surface area contributed by atoms with Gasteiger partial charge >= 0.3 is 11.9 Å². The Kier molecular flexibility index (Phi) is 3.17. The summed E-state index contributed by atoms with van der Waals surface area (Å²) in [5.41, 5.74) is 1.47. The number of aliphatic hydroxyl groups excluding tert-OH is 1. The molecule has 0 bridgehead atoms. The predicted octanol–water partition coefficient (Wildman–Crippen LogP) is -0.0846. The average Bonchev–Trinajstić information content (AvgIpc) is 2.83. The van der Waals surface area contributed by atoms with Crippen LogP contribution in [-0.2, 0) is 19.1 Å². The van der Waals surface area contributed by atoms with Crippen molar-refractivity contribution < 1.29 is 29.3 Å². The fourth-order valence-corrected chi connectivity index (χ4v) is 2.58. The first-order valence-electron chi connectivity index (χ1n) is 5.38. The smallest absolute Gasteiger partial charge is 0.320 e. The van der Waals surface area contributed by atoms with Crippen molar-refractivity contribution in [3.05, 3.63) is 11.1 Å². The van der Waals surface area contributed by atoms with Gasteiger partial charge in [0.15, 0.2) is 12.2 Å². The van der Waals surface area contributed by atoms with E-state index in [4.69, 9.17) is 9.84 Å². The third kappa shape index (κ3) is 1.94. The highest BCUT2D eigenvalue weighted by Gasteiger charge is 2.45. The summed E-state index contributed by atoms with van der Waals surface area (Å²) < 4.78 is 9.53. The number of aliphatic hydroxyl groups is 1. The standard InChI is InChI=1S/C11H14O6/c1-16-10(14)8(9(12)13)6-3-2-5-4-17-11(15)7(5)6/h6,8,11,15H,2-4H2,1H3,(H,12,13)/t6-,8-,11-/m0/s1. The predicted molar refractivity (Wildman–Crippen MR) is 54.9 cm³/mol. The molecule has 17 heavy (non-hydrogen) atoms. The monoisotopic (exact) mass is 242 g/mol. The van der Waals surface area contributed by atoms with Gasteiger partial charge in [-0.3, -0.25) is 9.59 Å². The van der Waals surface area contributed by atoms with Gasteiger partial charge in [-0.05, 0) is 24.0 Å². The van der Waals surface area contributed by atoms with Crippen LogP contribution in [0.5, 0.6) is 0 Å². The molecule has 0 radical (unpaired) electrons. The van der Waals surface area contributed by atoms with Crippen molar-refractivity contribution in [1.29, 1.82) is 0 Å². The van der Waals surface area contributed by atoms with Crippen molar-refractivity contribution >= 4 is 11.9 Å². The molecule has 0 unspecified atom stereocenters. The summed E-state index contributed by atoms with van der Waals surface area (Å²) in [7, 11) is 1.16. The zero-order chi connectivity index (χ0) is 12.6. The Bertz CT molecular complexity index is 385. The number of carboxylic acid groups (broad SMARTS) is 1. The van der Waals surface area contributed by atoms with E-state index in [2.05, 4.69) is 4.74 Å². The molecule has 6 nitrogen and oxygen atoms in total. The Morgan fingerprint density at radius 3 is 2.82 bits per heavy atom. The Labute approximate surface area is 97.8 Å². The summed E-state index contributed by atoms with van der Waals surface area (Å²) in [4.78, 5) is 22.6. The van der Waals surface area contributed by atoms with Gasteiger partial charge in [-0.15, -0.1) is 0 Å². The summed E-state index contributed by atoms with van der Waals surface area (Å²) in [6.07, 6.45) is 0.124. The van der Waals surface area contributed by atoms with Crippen molar-refractivity contribution in [2.75, 3.05) is 13.7 Å². The van der Waals surface area contributed by atoms with Crippen molar-refractivity contribution in [2.24, 2.45) is 11.8 Å². The Morgan fingerprint density at radius 1 is 1.53 bits per heavy atom. The van der Waals surface area contributed by atoms with Crippen LogP contribution in [0.4, 0.5) is 0 Å². The molecule has 1 heterocycles. The fraction of sp³-hybridized carbons (Fsp3) is 0.636. The van der Waals surface area contributed by atoms with E-state index in [9.17, 15) is 14.7 Å². The van der Waals surface area contributed by atoms with E-state index in [1.807, 2.05) is 0 Å². The van der Waals surface area contributed by atoms with E-state index < -0.39 is 30.1 Å². The zero-order valence-electron chi connectivity index (χ0n) is 9.38. The molecule has 1 aliphatic heterocycles. The molecule has 1 aliphatic carbocycles. The molecule has 0 aromatic heterocycles. The average molecular weight is 242 g/mol. The topological polar surface area (TPSA) is 93.1 Å². The Hall–Kier alpha value is -1.40. The minimum Gasteiger partial charge on any atom is -0.481 e. The van der Waals surface area contributed by atoms with Crippen LogP contribution in [0.2, 0.25) is 0 Å².